The van der Waals surface area contributed by atoms with Gasteiger partial charge in [0.1, 0.15) is 0 Å². The quantitative estimate of drug-likeness (QED) is 0.138. The third-order valence-corrected chi connectivity index (χ3v) is 14.9. The maximum Gasteiger partial charge on any atom is 0.193 e. The largest absolute Gasteiger partial charge is 0.355 e. The van der Waals surface area contributed by atoms with Crippen LogP contribution < -0.4 is 21.1 Å². The average molecular weight is 817 g/mol. The lowest BCUT2D eigenvalue weighted by atomic mass is 9.50. The Hall–Kier alpha value is -6.32. The number of fused-ring (bicyclic) bond motifs is 8. The van der Waals surface area contributed by atoms with Crippen LogP contribution >= 0.6 is 0 Å². The van der Waals surface area contributed by atoms with Crippen molar-refractivity contribution >= 4 is 57.4 Å². The molecule has 0 aromatic heterocycles. The monoisotopic (exact) mass is 816 g/mol. The Morgan fingerprint density at radius 3 is 2.21 bits per heavy atom. The van der Waals surface area contributed by atoms with E-state index in [0.29, 0.717) is 5.92 Å². The minimum atomic E-state index is -0.164. The third kappa shape index (κ3) is 6.62. The van der Waals surface area contributed by atoms with Crippen LogP contribution in [0.1, 0.15) is 111 Å². The van der Waals surface area contributed by atoms with Gasteiger partial charge in [0, 0.05) is 39.6 Å². The fraction of sp³-hybridized carbons (Fsp3) is 0.233. The van der Waals surface area contributed by atoms with E-state index in [1.807, 2.05) is 0 Å². The van der Waals surface area contributed by atoms with Crippen LogP contribution in [0.3, 0.4) is 0 Å². The van der Waals surface area contributed by atoms with Crippen molar-refractivity contribution in [3.8, 4) is 22.3 Å². The molecule has 0 spiro atoms. The Morgan fingerprint density at radius 2 is 1.40 bits per heavy atom. The zero-order chi connectivity index (χ0) is 42.8. The van der Waals surface area contributed by atoms with Crippen LogP contribution in [0.15, 0.2) is 158 Å². The molecule has 0 fully saturated rings. The van der Waals surface area contributed by atoms with Crippen LogP contribution in [-0.2, 0) is 18.3 Å². The van der Waals surface area contributed by atoms with Crippen molar-refractivity contribution in [2.24, 2.45) is 0 Å². The molecule has 8 aromatic rings. The van der Waals surface area contributed by atoms with E-state index in [2.05, 4.69) is 203 Å². The van der Waals surface area contributed by atoms with Gasteiger partial charge in [-0.1, -0.05) is 174 Å². The molecule has 63 heavy (non-hydrogen) atoms. The van der Waals surface area contributed by atoms with Gasteiger partial charge in [-0.2, -0.15) is 0 Å². The summed E-state index contributed by atoms with van der Waals surface area (Å²) in [6.07, 6.45) is 6.85. The van der Waals surface area contributed by atoms with Gasteiger partial charge in [-0.25, -0.2) is 0 Å². The van der Waals surface area contributed by atoms with E-state index in [4.69, 9.17) is 0 Å². The number of aryl methyl sites for hydroxylation is 1. The summed E-state index contributed by atoms with van der Waals surface area (Å²) < 4.78 is 0. The molecule has 0 saturated heterocycles. The molecule has 2 aliphatic heterocycles. The first-order valence-electron chi connectivity index (χ1n) is 23.6. The number of unbranched alkanes of at least 4 members (excludes halogenated alkanes) is 1. The molecule has 0 amide bonds. The molecule has 2 heterocycles. The molecule has 2 atom stereocenters. The van der Waals surface area contributed by atoms with Crippen molar-refractivity contribution < 1.29 is 0 Å². The van der Waals surface area contributed by atoms with Crippen LogP contribution in [0.5, 0.6) is 0 Å². The van der Waals surface area contributed by atoms with Gasteiger partial charge in [-0.05, 0) is 140 Å². The van der Waals surface area contributed by atoms with Gasteiger partial charge in [-0.15, -0.1) is 0 Å². The van der Waals surface area contributed by atoms with E-state index in [1.165, 1.54) is 137 Å². The van der Waals surface area contributed by atoms with Crippen LogP contribution in [-0.4, -0.2) is 7.28 Å². The predicted molar refractivity (Wildman–Crippen MR) is 272 cm³/mol. The second-order valence-corrected chi connectivity index (χ2v) is 19.1. The number of benzene rings is 8. The topological polar surface area (TPSA) is 15.3 Å². The first-order valence-corrected chi connectivity index (χ1v) is 23.6. The highest BCUT2D eigenvalue weighted by Gasteiger charge is 2.38. The molecule has 11 rings (SSSR count). The number of rotatable bonds is 10. The smallest absolute Gasteiger partial charge is 0.193 e. The van der Waals surface area contributed by atoms with Crippen molar-refractivity contribution in [1.82, 2.24) is 0 Å². The molecule has 0 saturated carbocycles. The zero-order valence-electron chi connectivity index (χ0n) is 37.6. The number of hydrogen-bond acceptors (Lipinski definition) is 2. The fourth-order valence-corrected chi connectivity index (χ4v) is 11.6. The lowest BCUT2D eigenvalue weighted by Gasteiger charge is -2.39. The Bertz CT molecular complexity index is 3030. The van der Waals surface area contributed by atoms with Gasteiger partial charge in [0.25, 0.3) is 0 Å². The van der Waals surface area contributed by atoms with E-state index >= 15 is 0 Å². The van der Waals surface area contributed by atoms with Crippen LogP contribution in [0, 0.1) is 0 Å². The fourth-order valence-electron chi connectivity index (χ4n) is 11.6. The van der Waals surface area contributed by atoms with Gasteiger partial charge < -0.3 is 10.2 Å². The maximum atomic E-state index is 4.02. The Balaban J connectivity index is 1.17. The van der Waals surface area contributed by atoms with Gasteiger partial charge in [0.15, 0.2) is 7.28 Å². The molecule has 1 aliphatic carbocycles. The van der Waals surface area contributed by atoms with Gasteiger partial charge in [-0.3, -0.25) is 0 Å². The van der Waals surface area contributed by atoms with Crippen molar-refractivity contribution in [1.29, 1.82) is 0 Å². The highest BCUT2D eigenvalue weighted by molar-refractivity contribution is 6.70. The summed E-state index contributed by atoms with van der Waals surface area (Å²) in [7, 11) is 0.896. The Morgan fingerprint density at radius 1 is 0.667 bits per heavy atom. The molecule has 3 heteroatoms. The molecule has 3 aliphatic rings. The Kier molecular flexibility index (Phi) is 9.91. The normalized spacial score (nSPS) is 15.5. The summed E-state index contributed by atoms with van der Waals surface area (Å²) in [4.78, 5) is 2.54. The van der Waals surface area contributed by atoms with E-state index < -0.39 is 0 Å². The standard InChI is InChI=1S/C60H57BN2/c1-6-8-16-39-25-30-42(31-26-39)63(43-32-27-40(28-33-43)38(3)15-7-2)44-35-51(48-20-13-22-54-59(48)62-56-24-12-11-21-53(56)60(54,4)5)58-52(36-44)50-37-49-45-18-10-9-17-41(45)29-34-46(49)47-19-14-23-55(61-58)57(47)50/h9-14,17-36,38,50,61-62H,6-8,15-16,37H2,1-5H3/t38-,50?/m0/s1. The summed E-state index contributed by atoms with van der Waals surface area (Å²) in [5, 5.41) is 6.71. The first kappa shape index (κ1) is 39.5. The summed E-state index contributed by atoms with van der Waals surface area (Å²) >= 11 is 0. The van der Waals surface area contributed by atoms with E-state index in [9.17, 15) is 0 Å². The second-order valence-electron chi connectivity index (χ2n) is 19.1. The predicted octanol–water partition coefficient (Wildman–Crippen LogP) is 14.7. The highest BCUT2D eigenvalue weighted by Crippen LogP contribution is 2.51. The molecule has 0 radical (unpaired) electrons. The van der Waals surface area contributed by atoms with Crippen molar-refractivity contribution in [2.75, 3.05) is 10.2 Å². The lowest BCUT2D eigenvalue weighted by Crippen LogP contribution is -2.42. The molecule has 310 valence electrons. The van der Waals surface area contributed by atoms with Crippen LogP contribution in [0.2, 0.25) is 0 Å². The molecule has 2 nitrogen and oxygen atoms in total. The molecular weight excluding hydrogens is 759 g/mol. The van der Waals surface area contributed by atoms with Crippen LogP contribution in [0.25, 0.3) is 33.0 Å². The van der Waals surface area contributed by atoms with Gasteiger partial charge in [0.2, 0.25) is 0 Å². The lowest BCUT2D eigenvalue weighted by molar-refractivity contribution is 0.638. The van der Waals surface area contributed by atoms with Crippen molar-refractivity contribution in [3.05, 3.63) is 197 Å². The van der Waals surface area contributed by atoms with Gasteiger partial charge >= 0.3 is 0 Å². The Labute approximate surface area is 375 Å². The molecule has 0 bridgehead atoms. The summed E-state index contributed by atoms with van der Waals surface area (Å²) in [5.41, 5.74) is 24.0. The maximum absolute atomic E-state index is 4.02. The first-order chi connectivity index (χ1) is 30.8. The van der Waals surface area contributed by atoms with E-state index in [0.717, 1.165) is 20.1 Å². The highest BCUT2D eigenvalue weighted by atomic mass is 15.1. The third-order valence-electron chi connectivity index (χ3n) is 14.9. The molecule has 1 N–H and O–H groups in total. The van der Waals surface area contributed by atoms with Crippen LogP contribution in [0.4, 0.5) is 28.4 Å². The number of hydrogen-bond donors (Lipinski definition) is 1. The summed E-state index contributed by atoms with van der Waals surface area (Å²) in [6, 6.07) is 60.8. The minimum Gasteiger partial charge on any atom is -0.355 e. The second kappa shape index (κ2) is 15.8. The minimum absolute atomic E-state index is 0.164. The zero-order valence-corrected chi connectivity index (χ0v) is 37.6. The number of nitrogens with zero attached hydrogens (tertiary/aromatic N) is 1. The summed E-state index contributed by atoms with van der Waals surface area (Å²) in [6.45, 7) is 11.7. The van der Waals surface area contributed by atoms with E-state index in [1.54, 1.807) is 0 Å². The molecular formula is C60H57BN2. The van der Waals surface area contributed by atoms with Crippen molar-refractivity contribution in [2.45, 2.75) is 90.4 Å². The molecule has 1 unspecified atom stereocenters. The SMILES string of the molecule is CCCCc1ccc(N(c2ccc([C@@H](C)CCC)cc2)c2cc(-c3cccc4c3Nc3ccccc3C4(C)C)c3c(c2)C2Cc4c(ccc5ccccc45)-c4cccc(c42)B3)cc1. The van der Waals surface area contributed by atoms with Gasteiger partial charge in [0.05, 0.1) is 5.69 Å². The number of para-hydroxylation sites is 2. The summed E-state index contributed by atoms with van der Waals surface area (Å²) in [5.74, 6) is 0.744. The number of anilines is 5. The molecule has 8 aromatic carbocycles. The van der Waals surface area contributed by atoms with E-state index in [-0.39, 0.29) is 11.3 Å². The average Bonchev–Trinajstić information content (AvgIpc) is 3.31. The number of nitrogens with one attached hydrogen (secondary N) is 1. The van der Waals surface area contributed by atoms with Crippen molar-refractivity contribution in [3.63, 3.8) is 0 Å².